The fraction of sp³-hybridized carbons (Fsp3) is 0.778. The van der Waals surface area contributed by atoms with Crippen molar-refractivity contribution in [1.82, 2.24) is 10.2 Å². The summed E-state index contributed by atoms with van der Waals surface area (Å²) >= 11 is 0. The minimum atomic E-state index is -5.72. The first-order valence-corrected chi connectivity index (χ1v) is 12.0. The number of rotatable bonds is 8. The minimum absolute atomic E-state index is 0.110. The van der Waals surface area contributed by atoms with Crippen molar-refractivity contribution in [1.29, 1.82) is 0 Å². The monoisotopic (exact) mass is 486 g/mol. The van der Waals surface area contributed by atoms with Crippen LogP contribution in [0.3, 0.4) is 0 Å². The van der Waals surface area contributed by atoms with Crippen molar-refractivity contribution in [3.8, 4) is 0 Å². The molecular weight excluding hydrogens is 469 g/mol. The molecule has 0 aromatic carbocycles. The minimum Gasteiger partial charge on any atom is -0.387 e. The second-order valence-electron chi connectivity index (χ2n) is 5.73. The maximum absolute atomic E-state index is 11.8. The molecule has 0 aromatic rings. The van der Waals surface area contributed by atoms with Gasteiger partial charge >= 0.3 is 29.5 Å². The number of phosphoric acid groups is 3. The summed E-state index contributed by atoms with van der Waals surface area (Å²) in [6, 6.07) is -0.911. The predicted molar refractivity (Wildman–Crippen MR) is 85.4 cm³/mol. The predicted octanol–water partition coefficient (Wildman–Crippen LogP) is -2.28. The topological polar surface area (TPSA) is 259 Å². The number of amides is 3. The summed E-state index contributed by atoms with van der Waals surface area (Å²) in [6.07, 6.45) is -6.56. The van der Waals surface area contributed by atoms with Crippen LogP contribution in [0.2, 0.25) is 0 Å². The highest BCUT2D eigenvalue weighted by Gasteiger charge is 2.49. The van der Waals surface area contributed by atoms with Crippen LogP contribution in [-0.2, 0) is 36.4 Å². The Bertz CT molecular complexity index is 798. The Hall–Kier alpha value is -0.770. The third kappa shape index (κ3) is 6.87. The van der Waals surface area contributed by atoms with Gasteiger partial charge in [0, 0.05) is 13.0 Å². The molecule has 2 aliphatic rings. The molecule has 29 heavy (non-hydrogen) atoms. The van der Waals surface area contributed by atoms with Crippen molar-refractivity contribution < 1.29 is 71.0 Å². The van der Waals surface area contributed by atoms with Gasteiger partial charge in [0.05, 0.1) is 6.61 Å². The number of nitrogens with one attached hydrogen (secondary N) is 1. The van der Waals surface area contributed by atoms with Gasteiger partial charge in [0.15, 0.2) is 6.23 Å². The number of carbonyl (C=O) groups excluding carboxylic acids is 2. The zero-order chi connectivity index (χ0) is 22.2. The van der Waals surface area contributed by atoms with Crippen molar-refractivity contribution in [2.24, 2.45) is 0 Å². The molecule has 2 heterocycles. The molecule has 2 saturated heterocycles. The zero-order valence-electron chi connectivity index (χ0n) is 14.1. The molecule has 4 unspecified atom stereocenters. The van der Waals surface area contributed by atoms with Gasteiger partial charge in [0.1, 0.15) is 18.3 Å². The maximum Gasteiger partial charge on any atom is 0.490 e. The molecule has 0 bridgehead atoms. The van der Waals surface area contributed by atoms with Gasteiger partial charge in [-0.2, -0.15) is 8.62 Å². The second-order valence-corrected chi connectivity index (χ2v) is 10.1. The molecule has 0 radical (unpaired) electrons. The second kappa shape index (κ2) is 8.77. The number of carbonyl (C=O) groups is 2. The number of aliphatic hydroxyl groups excluding tert-OH is 2. The highest BCUT2D eigenvalue weighted by molar-refractivity contribution is 7.66. The summed E-state index contributed by atoms with van der Waals surface area (Å²) in [5.74, 6) is -0.566. The molecule has 2 rings (SSSR count). The summed E-state index contributed by atoms with van der Waals surface area (Å²) in [7, 11) is -16.7. The fourth-order valence-corrected chi connectivity index (χ4v) is 5.45. The molecule has 0 saturated carbocycles. The lowest BCUT2D eigenvalue weighted by Gasteiger charge is -2.32. The SMILES string of the molecule is O=C1CCN([C@H]2O[C@@H](COP(=O)(O)OP(=O)(O)OP(=O)(O)O)C(O)C2O)C(=O)N1. The first-order chi connectivity index (χ1) is 13.1. The van der Waals surface area contributed by atoms with Crippen molar-refractivity contribution >= 4 is 35.4 Å². The van der Waals surface area contributed by atoms with E-state index in [9.17, 15) is 38.4 Å². The van der Waals surface area contributed by atoms with Crippen molar-refractivity contribution in [3.05, 3.63) is 0 Å². The molecule has 168 valence electrons. The smallest absolute Gasteiger partial charge is 0.387 e. The Morgan fingerprint density at radius 3 is 2.21 bits per heavy atom. The van der Waals surface area contributed by atoms with E-state index in [0.29, 0.717) is 0 Å². The number of imide groups is 1. The lowest BCUT2D eigenvalue weighted by atomic mass is 10.1. The van der Waals surface area contributed by atoms with E-state index in [1.807, 2.05) is 5.32 Å². The molecule has 0 aliphatic carbocycles. The number of ether oxygens (including phenoxy) is 1. The van der Waals surface area contributed by atoms with E-state index in [0.717, 1.165) is 4.90 Å². The third-order valence-corrected chi connectivity index (χ3v) is 7.35. The van der Waals surface area contributed by atoms with E-state index in [4.69, 9.17) is 19.4 Å². The Morgan fingerprint density at radius 2 is 1.66 bits per heavy atom. The van der Waals surface area contributed by atoms with Gasteiger partial charge in [-0.25, -0.2) is 18.5 Å². The molecule has 0 aromatic heterocycles. The van der Waals surface area contributed by atoms with Crippen molar-refractivity contribution in [2.75, 3.05) is 13.2 Å². The summed E-state index contributed by atoms with van der Waals surface area (Å²) < 4.78 is 50.0. The van der Waals surface area contributed by atoms with Crippen LogP contribution < -0.4 is 5.32 Å². The lowest BCUT2D eigenvalue weighted by molar-refractivity contribution is -0.125. The number of hydrogen-bond donors (Lipinski definition) is 7. The van der Waals surface area contributed by atoms with E-state index in [1.165, 1.54) is 0 Å². The Labute approximate surface area is 161 Å². The van der Waals surface area contributed by atoms with Crippen LogP contribution in [0.4, 0.5) is 4.79 Å². The van der Waals surface area contributed by atoms with Crippen molar-refractivity contribution in [3.63, 3.8) is 0 Å². The van der Waals surface area contributed by atoms with Crippen LogP contribution >= 0.6 is 23.5 Å². The Morgan fingerprint density at radius 1 is 1.03 bits per heavy atom. The molecule has 7 N–H and O–H groups in total. The lowest BCUT2D eigenvalue weighted by Crippen LogP contribution is -2.56. The van der Waals surface area contributed by atoms with Crippen LogP contribution in [0.1, 0.15) is 6.42 Å². The van der Waals surface area contributed by atoms with Crippen molar-refractivity contribution in [2.45, 2.75) is 31.0 Å². The number of hydrogen-bond acceptors (Lipinski definition) is 11. The normalized spacial score (nSPS) is 32.6. The van der Waals surface area contributed by atoms with E-state index in [-0.39, 0.29) is 13.0 Å². The van der Waals surface area contributed by atoms with Crippen LogP contribution in [0.15, 0.2) is 0 Å². The van der Waals surface area contributed by atoms with Crippen LogP contribution in [0, 0.1) is 0 Å². The Balaban J connectivity index is 1.97. The average Bonchev–Trinajstić information content (AvgIpc) is 2.78. The highest BCUT2D eigenvalue weighted by Crippen LogP contribution is 2.66. The molecule has 3 amide bonds. The summed E-state index contributed by atoms with van der Waals surface area (Å²) in [5.41, 5.74) is 0. The first-order valence-electron chi connectivity index (χ1n) is 7.51. The average molecular weight is 486 g/mol. The summed E-state index contributed by atoms with van der Waals surface area (Å²) in [6.45, 7) is -1.17. The largest absolute Gasteiger partial charge is 0.490 e. The van der Waals surface area contributed by atoms with Gasteiger partial charge < -0.3 is 34.5 Å². The highest BCUT2D eigenvalue weighted by atomic mass is 31.3. The van der Waals surface area contributed by atoms with Gasteiger partial charge in [-0.3, -0.25) is 19.5 Å². The summed E-state index contributed by atoms with van der Waals surface area (Å²) in [5, 5.41) is 21.9. The van der Waals surface area contributed by atoms with Crippen LogP contribution in [-0.4, -0.2) is 84.3 Å². The van der Waals surface area contributed by atoms with E-state index in [1.54, 1.807) is 0 Å². The fourth-order valence-electron chi connectivity index (χ4n) is 2.42. The van der Waals surface area contributed by atoms with Gasteiger partial charge in [-0.05, 0) is 0 Å². The van der Waals surface area contributed by atoms with E-state index >= 15 is 0 Å². The Kier molecular flexibility index (Phi) is 7.41. The summed E-state index contributed by atoms with van der Waals surface area (Å²) in [4.78, 5) is 59.1. The molecule has 17 nitrogen and oxygen atoms in total. The molecule has 0 spiro atoms. The van der Waals surface area contributed by atoms with Gasteiger partial charge in [-0.1, -0.05) is 0 Å². The standard InChI is InChI=1S/C9H17N2O15P3/c12-5-1-2-11(9(15)10-5)8-7(14)6(13)4(24-8)3-23-28(19,20)26-29(21,22)25-27(16,17)18/h4,6-8,13-14H,1-3H2,(H,19,20)(H,21,22)(H,10,12,15)(H2,16,17,18)/t4-,6?,7?,8-/m0/s1. The quantitative estimate of drug-likeness (QED) is 0.178. The third-order valence-electron chi connectivity index (χ3n) is 3.55. The van der Waals surface area contributed by atoms with Crippen LogP contribution in [0.5, 0.6) is 0 Å². The maximum atomic E-state index is 11.8. The number of phosphoric ester groups is 1. The number of nitrogens with zero attached hydrogens (tertiary/aromatic N) is 1. The molecule has 2 fully saturated rings. The van der Waals surface area contributed by atoms with E-state index < -0.39 is 66.6 Å². The van der Waals surface area contributed by atoms with Gasteiger partial charge in [-0.15, -0.1) is 0 Å². The molecule has 6 atom stereocenters. The molecule has 2 aliphatic heterocycles. The van der Waals surface area contributed by atoms with Gasteiger partial charge in [0.25, 0.3) is 0 Å². The zero-order valence-corrected chi connectivity index (χ0v) is 16.8. The number of aliphatic hydroxyl groups is 2. The van der Waals surface area contributed by atoms with Crippen LogP contribution in [0.25, 0.3) is 0 Å². The first kappa shape index (κ1) is 24.5. The number of urea groups is 1. The van der Waals surface area contributed by atoms with E-state index in [2.05, 4.69) is 13.1 Å². The molecular formula is C9H17N2O15P3. The van der Waals surface area contributed by atoms with Gasteiger partial charge in [0.2, 0.25) is 5.91 Å². The molecule has 20 heteroatoms.